The van der Waals surface area contributed by atoms with Crippen LogP contribution in [0.3, 0.4) is 0 Å². The van der Waals surface area contributed by atoms with E-state index in [0.29, 0.717) is 0 Å². The van der Waals surface area contributed by atoms with Gasteiger partial charge in [-0.05, 0) is 12.5 Å². The molecule has 0 spiro atoms. The van der Waals surface area contributed by atoms with Gasteiger partial charge in [0.05, 0.1) is 5.69 Å². The first-order valence-electron chi connectivity index (χ1n) is 5.45. The Kier molecular flexibility index (Phi) is 3.15. The van der Waals surface area contributed by atoms with Crippen LogP contribution in [-0.4, -0.2) is 9.97 Å². The van der Waals surface area contributed by atoms with E-state index in [-0.39, 0.29) is 5.69 Å². The van der Waals surface area contributed by atoms with Crippen LogP contribution in [0.4, 0.5) is 0 Å². The molecule has 1 aromatic carbocycles. The molecule has 0 atom stereocenters. The molecule has 82 valence electrons. The van der Waals surface area contributed by atoms with Crippen LogP contribution in [0.25, 0.3) is 11.3 Å². The van der Waals surface area contributed by atoms with E-state index in [2.05, 4.69) is 16.9 Å². The second kappa shape index (κ2) is 4.75. The number of benzene rings is 1. The van der Waals surface area contributed by atoms with Gasteiger partial charge in [-0.1, -0.05) is 43.7 Å². The minimum absolute atomic E-state index is 0.273. The van der Waals surface area contributed by atoms with Crippen molar-refractivity contribution in [2.24, 2.45) is 0 Å². The highest BCUT2D eigenvalue weighted by Crippen LogP contribution is 2.15. The number of rotatable bonds is 3. The summed E-state index contributed by atoms with van der Waals surface area (Å²) >= 11 is 0. The van der Waals surface area contributed by atoms with Crippen LogP contribution in [0.2, 0.25) is 0 Å². The average Bonchev–Trinajstić information content (AvgIpc) is 2.30. The largest absolute Gasteiger partial charge is 0.345 e. The van der Waals surface area contributed by atoms with E-state index < -0.39 is 0 Å². The molecule has 0 aliphatic carbocycles. The fourth-order valence-corrected chi connectivity index (χ4v) is 1.67. The summed E-state index contributed by atoms with van der Waals surface area (Å²) in [6.07, 6.45) is 1.88. The van der Waals surface area contributed by atoms with E-state index in [1.807, 2.05) is 36.4 Å². The predicted molar refractivity (Wildman–Crippen MR) is 64.3 cm³/mol. The Labute approximate surface area is 94.2 Å². The quantitative estimate of drug-likeness (QED) is 0.852. The number of aromatic amines is 1. The van der Waals surface area contributed by atoms with E-state index in [4.69, 9.17) is 0 Å². The van der Waals surface area contributed by atoms with Gasteiger partial charge < -0.3 is 4.98 Å². The lowest BCUT2D eigenvalue weighted by Gasteiger charge is -2.03. The molecule has 0 bridgehead atoms. The van der Waals surface area contributed by atoms with Crippen LogP contribution in [0, 0.1) is 0 Å². The summed E-state index contributed by atoms with van der Waals surface area (Å²) in [5.41, 5.74) is 2.39. The van der Waals surface area contributed by atoms with Crippen LogP contribution in [-0.2, 0) is 6.42 Å². The van der Waals surface area contributed by atoms with Gasteiger partial charge in [-0.2, -0.15) is 4.98 Å². The molecule has 3 heteroatoms. The van der Waals surface area contributed by atoms with Crippen LogP contribution < -0.4 is 5.69 Å². The molecule has 0 amide bonds. The number of hydrogen-bond donors (Lipinski definition) is 1. The molecule has 0 saturated heterocycles. The molecule has 16 heavy (non-hydrogen) atoms. The number of hydrogen-bond acceptors (Lipinski definition) is 2. The summed E-state index contributed by atoms with van der Waals surface area (Å²) in [6.45, 7) is 2.08. The predicted octanol–water partition coefficient (Wildman–Crippen LogP) is 2.39. The zero-order chi connectivity index (χ0) is 11.4. The second-order valence-corrected chi connectivity index (χ2v) is 3.71. The Morgan fingerprint density at radius 2 is 2.00 bits per heavy atom. The van der Waals surface area contributed by atoms with E-state index >= 15 is 0 Å². The first-order valence-corrected chi connectivity index (χ1v) is 5.45. The maximum absolute atomic E-state index is 11.4. The van der Waals surface area contributed by atoms with Crippen LogP contribution in [0.15, 0.2) is 41.2 Å². The molecule has 1 aromatic heterocycles. The van der Waals surface area contributed by atoms with Gasteiger partial charge in [0, 0.05) is 11.3 Å². The van der Waals surface area contributed by atoms with Crippen molar-refractivity contribution in [2.75, 3.05) is 0 Å². The minimum Gasteiger partial charge on any atom is -0.310 e. The monoisotopic (exact) mass is 214 g/mol. The highest BCUT2D eigenvalue weighted by Gasteiger charge is 2.02. The number of nitrogens with one attached hydrogen (secondary N) is 1. The summed E-state index contributed by atoms with van der Waals surface area (Å²) in [5, 5.41) is 0. The Balaban J connectivity index is 2.45. The Hall–Kier alpha value is -1.90. The molecule has 1 N–H and O–H groups in total. The number of aryl methyl sites for hydroxylation is 1. The summed E-state index contributed by atoms with van der Waals surface area (Å²) in [7, 11) is 0. The van der Waals surface area contributed by atoms with Crippen molar-refractivity contribution in [3.63, 3.8) is 0 Å². The molecule has 2 rings (SSSR count). The van der Waals surface area contributed by atoms with Crippen LogP contribution in [0.5, 0.6) is 0 Å². The zero-order valence-corrected chi connectivity index (χ0v) is 9.23. The van der Waals surface area contributed by atoms with Gasteiger partial charge >= 0.3 is 5.69 Å². The van der Waals surface area contributed by atoms with Crippen molar-refractivity contribution in [3.05, 3.63) is 52.6 Å². The second-order valence-electron chi connectivity index (χ2n) is 3.71. The number of nitrogens with zero attached hydrogens (tertiary/aromatic N) is 1. The fourth-order valence-electron chi connectivity index (χ4n) is 1.67. The number of H-pyrrole nitrogens is 1. The van der Waals surface area contributed by atoms with Gasteiger partial charge in [-0.25, -0.2) is 4.79 Å². The molecule has 0 saturated carbocycles. The molecule has 0 fully saturated rings. The van der Waals surface area contributed by atoms with Crippen molar-refractivity contribution in [1.29, 1.82) is 0 Å². The highest BCUT2D eigenvalue weighted by atomic mass is 16.1. The van der Waals surface area contributed by atoms with Crippen molar-refractivity contribution >= 4 is 0 Å². The third kappa shape index (κ3) is 2.37. The van der Waals surface area contributed by atoms with Gasteiger partial charge in [0.25, 0.3) is 0 Å². The fraction of sp³-hybridized carbons (Fsp3) is 0.231. The first-order chi connectivity index (χ1) is 7.79. The first kappa shape index (κ1) is 10.6. The van der Waals surface area contributed by atoms with Crippen molar-refractivity contribution in [1.82, 2.24) is 9.97 Å². The molecular weight excluding hydrogens is 200 g/mol. The van der Waals surface area contributed by atoms with E-state index in [1.165, 1.54) is 0 Å². The van der Waals surface area contributed by atoms with Gasteiger partial charge in [0.2, 0.25) is 0 Å². The molecule has 2 aromatic rings. The maximum Gasteiger partial charge on any atom is 0.345 e. The summed E-state index contributed by atoms with van der Waals surface area (Å²) in [6, 6.07) is 11.7. The molecular formula is C13H14N2O. The summed E-state index contributed by atoms with van der Waals surface area (Å²) in [5.74, 6) is 0. The molecule has 0 aliphatic heterocycles. The smallest absolute Gasteiger partial charge is 0.310 e. The van der Waals surface area contributed by atoms with E-state index in [1.54, 1.807) is 0 Å². The lowest BCUT2D eigenvalue weighted by molar-refractivity contribution is 0.859. The minimum atomic E-state index is -0.273. The number of aromatic nitrogens is 2. The Morgan fingerprint density at radius 1 is 1.25 bits per heavy atom. The Bertz CT molecular complexity index is 517. The van der Waals surface area contributed by atoms with Crippen molar-refractivity contribution < 1.29 is 0 Å². The van der Waals surface area contributed by atoms with Gasteiger partial charge in [0.15, 0.2) is 0 Å². The molecule has 1 heterocycles. The van der Waals surface area contributed by atoms with Crippen molar-refractivity contribution in [3.8, 4) is 11.3 Å². The zero-order valence-electron chi connectivity index (χ0n) is 9.23. The van der Waals surface area contributed by atoms with Crippen LogP contribution >= 0.6 is 0 Å². The third-order valence-corrected chi connectivity index (χ3v) is 2.39. The van der Waals surface area contributed by atoms with Crippen LogP contribution in [0.1, 0.15) is 19.0 Å². The lowest BCUT2D eigenvalue weighted by atomic mass is 10.1. The normalized spacial score (nSPS) is 10.3. The SMILES string of the molecule is CCCc1cc(-c2ccccc2)nc(=O)[nH]1. The molecule has 0 radical (unpaired) electrons. The molecule has 0 unspecified atom stereocenters. The van der Waals surface area contributed by atoms with Gasteiger partial charge in [0.1, 0.15) is 0 Å². The van der Waals surface area contributed by atoms with E-state index in [9.17, 15) is 4.79 Å². The average molecular weight is 214 g/mol. The Morgan fingerprint density at radius 3 is 2.69 bits per heavy atom. The third-order valence-electron chi connectivity index (χ3n) is 2.39. The topological polar surface area (TPSA) is 45.8 Å². The van der Waals surface area contributed by atoms with E-state index in [0.717, 1.165) is 29.8 Å². The summed E-state index contributed by atoms with van der Waals surface area (Å²) in [4.78, 5) is 18.1. The maximum atomic E-state index is 11.4. The molecule has 3 nitrogen and oxygen atoms in total. The molecule has 0 aliphatic rings. The highest BCUT2D eigenvalue weighted by molar-refractivity contribution is 5.58. The van der Waals surface area contributed by atoms with Crippen molar-refractivity contribution in [2.45, 2.75) is 19.8 Å². The summed E-state index contributed by atoms with van der Waals surface area (Å²) < 4.78 is 0. The lowest BCUT2D eigenvalue weighted by Crippen LogP contribution is -2.13. The van der Waals surface area contributed by atoms with Gasteiger partial charge in [-0.3, -0.25) is 0 Å². The van der Waals surface area contributed by atoms with Gasteiger partial charge in [-0.15, -0.1) is 0 Å². The standard InChI is InChI=1S/C13H14N2O/c1-2-6-11-9-12(15-13(16)14-11)10-7-4-3-5-8-10/h3-5,7-9H,2,6H2,1H3,(H,14,15,16).